The summed E-state index contributed by atoms with van der Waals surface area (Å²) in [7, 11) is 0. The second-order valence-electron chi connectivity index (χ2n) is 10.2. The standard InChI is InChI=1S/C25H35N3O5/c1-15(2)31-24(29)26-17-6-7-23(16(3)9-17)27-8-4-5-20(14-27)33-25(30)28-18-10-21-12-19(28)13-22(11-18)32-21/h6-7,9,15,18-22H,4-5,8,10-14H2,1-3H3,(H,26,29). The zero-order chi connectivity index (χ0) is 23.1. The average Bonchev–Trinajstić information content (AvgIpc) is 2.72. The van der Waals surface area contributed by atoms with Gasteiger partial charge in [-0.05, 0) is 83.1 Å². The maximum Gasteiger partial charge on any atom is 0.411 e. The van der Waals surface area contributed by atoms with E-state index in [1.165, 1.54) is 0 Å². The van der Waals surface area contributed by atoms with E-state index in [4.69, 9.17) is 14.2 Å². The molecule has 5 aliphatic heterocycles. The van der Waals surface area contributed by atoms with Crippen molar-refractivity contribution in [2.45, 2.75) is 95.8 Å². The molecule has 0 aromatic heterocycles. The molecule has 1 N–H and O–H groups in total. The van der Waals surface area contributed by atoms with Gasteiger partial charge in [0.15, 0.2) is 0 Å². The van der Waals surface area contributed by atoms with Gasteiger partial charge >= 0.3 is 12.2 Å². The molecular formula is C25H35N3O5. The van der Waals surface area contributed by atoms with Crippen LogP contribution in [0.1, 0.15) is 57.9 Å². The van der Waals surface area contributed by atoms with E-state index in [1.54, 1.807) is 0 Å². The number of anilines is 2. The Morgan fingerprint density at radius 3 is 2.45 bits per heavy atom. The Hall–Kier alpha value is -2.48. The van der Waals surface area contributed by atoms with Crippen LogP contribution in [0.3, 0.4) is 0 Å². The van der Waals surface area contributed by atoms with E-state index < -0.39 is 6.09 Å². The van der Waals surface area contributed by atoms with E-state index in [0.717, 1.165) is 56.3 Å². The van der Waals surface area contributed by atoms with E-state index in [-0.39, 0.29) is 30.4 Å². The summed E-state index contributed by atoms with van der Waals surface area (Å²) in [5.74, 6) is 0. The van der Waals surface area contributed by atoms with Crippen LogP contribution in [-0.2, 0) is 14.2 Å². The largest absolute Gasteiger partial charge is 0.447 e. The summed E-state index contributed by atoms with van der Waals surface area (Å²) >= 11 is 0. The van der Waals surface area contributed by atoms with Gasteiger partial charge in [-0.25, -0.2) is 9.59 Å². The highest BCUT2D eigenvalue weighted by atomic mass is 16.6. The van der Waals surface area contributed by atoms with Crippen LogP contribution in [0.2, 0.25) is 0 Å². The lowest BCUT2D eigenvalue weighted by Gasteiger charge is -2.55. The third kappa shape index (κ3) is 4.76. The lowest BCUT2D eigenvalue weighted by molar-refractivity contribution is -0.174. The third-order valence-corrected chi connectivity index (χ3v) is 7.29. The fraction of sp³-hybridized carbons (Fsp3) is 0.680. The smallest absolute Gasteiger partial charge is 0.411 e. The molecule has 33 heavy (non-hydrogen) atoms. The van der Waals surface area contributed by atoms with Crippen LogP contribution in [0.4, 0.5) is 21.0 Å². The maximum absolute atomic E-state index is 13.1. The Balaban J connectivity index is 1.19. The summed E-state index contributed by atoms with van der Waals surface area (Å²) in [6.07, 6.45) is 5.44. The predicted molar refractivity (Wildman–Crippen MR) is 125 cm³/mol. The first kappa shape index (κ1) is 22.3. The van der Waals surface area contributed by atoms with Gasteiger partial charge in [0.25, 0.3) is 0 Å². The molecule has 0 saturated carbocycles. The Morgan fingerprint density at radius 2 is 1.82 bits per heavy atom. The minimum Gasteiger partial charge on any atom is -0.447 e. The summed E-state index contributed by atoms with van der Waals surface area (Å²) in [6.45, 7) is 7.29. The fourth-order valence-corrected chi connectivity index (χ4v) is 6.05. The zero-order valence-electron chi connectivity index (χ0n) is 19.8. The van der Waals surface area contributed by atoms with Crippen molar-refractivity contribution >= 4 is 23.6 Å². The number of ether oxygens (including phenoxy) is 3. The molecule has 1 aromatic carbocycles. The van der Waals surface area contributed by atoms with Gasteiger partial charge in [0.1, 0.15) is 6.10 Å². The zero-order valence-corrected chi connectivity index (χ0v) is 19.8. The van der Waals surface area contributed by atoms with Crippen LogP contribution in [0.15, 0.2) is 18.2 Å². The van der Waals surface area contributed by atoms with Crippen molar-refractivity contribution in [2.75, 3.05) is 23.3 Å². The van der Waals surface area contributed by atoms with Gasteiger partial charge in [0.2, 0.25) is 0 Å². The SMILES string of the molecule is Cc1cc(NC(=O)OC(C)C)ccc1N1CCCC(OC(=O)N2C3CC4CC2CC(C3)O4)C1. The van der Waals surface area contributed by atoms with Crippen LogP contribution in [0.25, 0.3) is 0 Å². The number of benzene rings is 1. The molecule has 1 aromatic rings. The summed E-state index contributed by atoms with van der Waals surface area (Å²) < 4.78 is 17.2. The molecule has 0 aliphatic carbocycles. The van der Waals surface area contributed by atoms with Crippen LogP contribution in [-0.4, -0.2) is 66.7 Å². The van der Waals surface area contributed by atoms with Crippen molar-refractivity contribution < 1.29 is 23.8 Å². The van der Waals surface area contributed by atoms with E-state index in [1.807, 2.05) is 43.9 Å². The highest BCUT2D eigenvalue weighted by Crippen LogP contribution is 2.43. The molecule has 2 amide bonds. The van der Waals surface area contributed by atoms with E-state index in [0.29, 0.717) is 24.4 Å². The van der Waals surface area contributed by atoms with Crippen LogP contribution in [0, 0.1) is 6.92 Å². The van der Waals surface area contributed by atoms with Crippen LogP contribution < -0.4 is 10.2 Å². The van der Waals surface area contributed by atoms with Crippen molar-refractivity contribution in [3.05, 3.63) is 23.8 Å². The van der Waals surface area contributed by atoms with Gasteiger partial charge in [-0.3, -0.25) is 5.32 Å². The van der Waals surface area contributed by atoms with Crippen molar-refractivity contribution in [2.24, 2.45) is 0 Å². The minimum absolute atomic E-state index is 0.113. The first-order valence-corrected chi connectivity index (χ1v) is 12.3. The number of nitrogens with zero attached hydrogens (tertiary/aromatic N) is 2. The number of aryl methyl sites for hydroxylation is 1. The Labute approximate surface area is 195 Å². The lowest BCUT2D eigenvalue weighted by Crippen LogP contribution is -2.64. The van der Waals surface area contributed by atoms with E-state index in [9.17, 15) is 9.59 Å². The van der Waals surface area contributed by atoms with Crippen LogP contribution >= 0.6 is 0 Å². The van der Waals surface area contributed by atoms with Gasteiger partial charge in [0, 0.05) is 30.0 Å². The Morgan fingerprint density at radius 1 is 1.12 bits per heavy atom. The normalized spacial score (nSPS) is 30.5. The molecule has 5 heterocycles. The number of carbonyl (C=O) groups is 2. The first-order chi connectivity index (χ1) is 15.9. The molecule has 6 rings (SSSR count). The number of amides is 2. The second-order valence-corrected chi connectivity index (χ2v) is 10.2. The highest BCUT2D eigenvalue weighted by Gasteiger charge is 2.50. The van der Waals surface area contributed by atoms with Gasteiger partial charge in [-0.2, -0.15) is 0 Å². The predicted octanol–water partition coefficient (Wildman–Crippen LogP) is 4.45. The topological polar surface area (TPSA) is 80.3 Å². The minimum atomic E-state index is -0.451. The number of nitrogens with one attached hydrogen (secondary N) is 1. The van der Waals surface area contributed by atoms with Crippen LogP contribution in [0.5, 0.6) is 0 Å². The molecule has 8 heteroatoms. The monoisotopic (exact) mass is 457 g/mol. The highest BCUT2D eigenvalue weighted by molar-refractivity contribution is 5.85. The number of hydrogen-bond donors (Lipinski definition) is 1. The lowest BCUT2D eigenvalue weighted by atomic mass is 9.78. The number of piperidine rings is 3. The molecule has 5 fully saturated rings. The van der Waals surface area contributed by atoms with Crippen molar-refractivity contribution in [3.63, 3.8) is 0 Å². The molecule has 0 radical (unpaired) electrons. The van der Waals surface area contributed by atoms with Gasteiger partial charge in [0.05, 0.1) is 24.9 Å². The van der Waals surface area contributed by atoms with Crippen molar-refractivity contribution in [3.8, 4) is 0 Å². The number of carbonyl (C=O) groups excluding carboxylic acids is 2. The summed E-state index contributed by atoms with van der Waals surface area (Å²) in [4.78, 5) is 29.3. The third-order valence-electron chi connectivity index (χ3n) is 7.29. The van der Waals surface area contributed by atoms with Gasteiger partial charge < -0.3 is 24.0 Å². The van der Waals surface area contributed by atoms with Crippen molar-refractivity contribution in [1.29, 1.82) is 0 Å². The summed E-state index contributed by atoms with van der Waals surface area (Å²) in [5, 5.41) is 2.78. The maximum atomic E-state index is 13.1. The summed E-state index contributed by atoms with van der Waals surface area (Å²) in [5.41, 5.74) is 2.88. The quantitative estimate of drug-likeness (QED) is 0.720. The molecule has 5 aliphatic rings. The Bertz CT molecular complexity index is 876. The summed E-state index contributed by atoms with van der Waals surface area (Å²) in [6, 6.07) is 6.42. The fourth-order valence-electron chi connectivity index (χ4n) is 6.05. The molecule has 0 spiro atoms. The van der Waals surface area contributed by atoms with Gasteiger partial charge in [-0.15, -0.1) is 0 Å². The molecule has 5 saturated heterocycles. The molecule has 1 atom stereocenters. The first-order valence-electron chi connectivity index (χ1n) is 12.3. The number of rotatable bonds is 4. The molecule has 4 bridgehead atoms. The number of hydrogen-bond acceptors (Lipinski definition) is 6. The molecule has 180 valence electrons. The Kier molecular flexibility index (Phi) is 6.12. The average molecular weight is 458 g/mol. The molecule has 1 unspecified atom stereocenters. The van der Waals surface area contributed by atoms with E-state index >= 15 is 0 Å². The molecule has 8 nitrogen and oxygen atoms in total. The molecular weight excluding hydrogens is 422 g/mol. The van der Waals surface area contributed by atoms with E-state index in [2.05, 4.69) is 10.2 Å². The van der Waals surface area contributed by atoms with Gasteiger partial charge in [-0.1, -0.05) is 0 Å². The second kappa shape index (κ2) is 9.05. The van der Waals surface area contributed by atoms with Crippen molar-refractivity contribution in [1.82, 2.24) is 4.90 Å².